The van der Waals surface area contributed by atoms with Crippen LogP contribution in [0.1, 0.15) is 29.8 Å². The fraction of sp³-hybridized carbons (Fsp3) is 0.360. The van der Waals surface area contributed by atoms with Gasteiger partial charge in [-0.1, -0.05) is 49.3 Å². The maximum atomic E-state index is 13.4. The number of hydrogen-bond donors (Lipinski definition) is 0. The minimum absolute atomic E-state index is 0.126. The lowest BCUT2D eigenvalue weighted by Crippen LogP contribution is -2.36. The van der Waals surface area contributed by atoms with E-state index < -0.39 is 0 Å². The van der Waals surface area contributed by atoms with E-state index in [-0.39, 0.29) is 17.6 Å². The summed E-state index contributed by atoms with van der Waals surface area (Å²) in [7, 11) is 0. The molecular formula is C25H28FN3O2S. The van der Waals surface area contributed by atoms with Crippen LogP contribution in [0.3, 0.4) is 0 Å². The van der Waals surface area contributed by atoms with E-state index >= 15 is 0 Å². The van der Waals surface area contributed by atoms with Crippen molar-refractivity contribution >= 4 is 23.6 Å². The molecule has 0 spiro atoms. The summed E-state index contributed by atoms with van der Waals surface area (Å²) in [4.78, 5) is 17.4. The van der Waals surface area contributed by atoms with Crippen LogP contribution in [0.5, 0.6) is 0 Å². The predicted octanol–water partition coefficient (Wildman–Crippen LogP) is 5.33. The van der Waals surface area contributed by atoms with Gasteiger partial charge in [0.1, 0.15) is 11.5 Å². The third-order valence-electron chi connectivity index (χ3n) is 5.43. The standard InChI is InChI=1S/C25H28FN3O2S/c1-18(2)16-29(24(30)20-8-10-21(26)11-9-20)17-22-23(19-6-4-3-5-7-19)27-31-25(22)28-12-14-32-15-13-28/h3-11,18H,12-17H2,1-2H3. The van der Waals surface area contributed by atoms with Gasteiger partial charge in [-0.2, -0.15) is 11.8 Å². The van der Waals surface area contributed by atoms with Crippen LogP contribution in [0.4, 0.5) is 10.3 Å². The number of anilines is 1. The van der Waals surface area contributed by atoms with Gasteiger partial charge in [0.15, 0.2) is 0 Å². The average molecular weight is 454 g/mol. The topological polar surface area (TPSA) is 49.6 Å². The molecule has 1 aliphatic heterocycles. The largest absolute Gasteiger partial charge is 0.339 e. The molecule has 7 heteroatoms. The van der Waals surface area contributed by atoms with Gasteiger partial charge in [0, 0.05) is 42.3 Å². The molecule has 0 N–H and O–H groups in total. The van der Waals surface area contributed by atoms with E-state index in [0.29, 0.717) is 18.7 Å². The van der Waals surface area contributed by atoms with Gasteiger partial charge >= 0.3 is 0 Å². The first-order valence-corrected chi connectivity index (χ1v) is 12.1. The van der Waals surface area contributed by atoms with E-state index in [2.05, 4.69) is 23.9 Å². The number of halogens is 1. The van der Waals surface area contributed by atoms with Crippen molar-refractivity contribution in [3.8, 4) is 11.3 Å². The van der Waals surface area contributed by atoms with Gasteiger partial charge in [-0.25, -0.2) is 4.39 Å². The molecule has 0 unspecified atom stereocenters. The summed E-state index contributed by atoms with van der Waals surface area (Å²) >= 11 is 1.93. The van der Waals surface area contributed by atoms with Crippen molar-refractivity contribution in [2.75, 3.05) is 36.0 Å². The molecule has 1 aromatic heterocycles. The number of hydrogen-bond acceptors (Lipinski definition) is 5. The van der Waals surface area contributed by atoms with Crippen molar-refractivity contribution in [2.24, 2.45) is 5.92 Å². The highest BCUT2D eigenvalue weighted by atomic mass is 32.2. The Balaban J connectivity index is 1.72. The lowest BCUT2D eigenvalue weighted by atomic mass is 10.1. The van der Waals surface area contributed by atoms with Crippen LogP contribution >= 0.6 is 11.8 Å². The van der Waals surface area contributed by atoms with Crippen molar-refractivity contribution in [1.82, 2.24) is 10.1 Å². The molecule has 1 fully saturated rings. The zero-order valence-electron chi connectivity index (χ0n) is 18.5. The first-order chi connectivity index (χ1) is 15.5. The minimum Gasteiger partial charge on any atom is -0.339 e. The number of benzene rings is 2. The van der Waals surface area contributed by atoms with Crippen molar-refractivity contribution in [3.63, 3.8) is 0 Å². The molecule has 1 amide bonds. The van der Waals surface area contributed by atoms with Crippen LogP contribution in [-0.2, 0) is 6.54 Å². The highest BCUT2D eigenvalue weighted by Gasteiger charge is 2.28. The normalized spacial score (nSPS) is 14.1. The zero-order valence-corrected chi connectivity index (χ0v) is 19.3. The Bertz CT molecular complexity index is 1030. The molecule has 32 heavy (non-hydrogen) atoms. The molecule has 1 aliphatic rings. The Morgan fingerprint density at radius 3 is 2.47 bits per heavy atom. The summed E-state index contributed by atoms with van der Waals surface area (Å²) in [6.45, 7) is 6.89. The number of carbonyl (C=O) groups is 1. The Morgan fingerprint density at radius 2 is 1.81 bits per heavy atom. The molecule has 0 aliphatic carbocycles. The first-order valence-electron chi connectivity index (χ1n) is 10.9. The summed E-state index contributed by atoms with van der Waals surface area (Å²) in [6, 6.07) is 15.7. The summed E-state index contributed by atoms with van der Waals surface area (Å²) in [5.41, 5.74) is 3.11. The molecule has 0 bridgehead atoms. The van der Waals surface area contributed by atoms with Crippen molar-refractivity contribution in [3.05, 3.63) is 71.5 Å². The molecule has 0 saturated carbocycles. The van der Waals surface area contributed by atoms with Gasteiger partial charge in [0.2, 0.25) is 5.88 Å². The highest BCUT2D eigenvalue weighted by Crippen LogP contribution is 2.34. The zero-order chi connectivity index (χ0) is 22.5. The fourth-order valence-corrected chi connectivity index (χ4v) is 4.81. The Hall–Kier alpha value is -2.80. The maximum absolute atomic E-state index is 13.4. The second kappa shape index (κ2) is 10.2. The molecular weight excluding hydrogens is 425 g/mol. The highest BCUT2D eigenvalue weighted by molar-refractivity contribution is 7.99. The van der Waals surface area contributed by atoms with Gasteiger partial charge in [-0.05, 0) is 30.2 Å². The van der Waals surface area contributed by atoms with Crippen molar-refractivity contribution < 1.29 is 13.7 Å². The molecule has 4 rings (SSSR count). The van der Waals surface area contributed by atoms with Crippen LogP contribution < -0.4 is 4.90 Å². The molecule has 2 heterocycles. The Morgan fingerprint density at radius 1 is 1.12 bits per heavy atom. The number of carbonyl (C=O) groups excluding carboxylic acids is 1. The van der Waals surface area contributed by atoms with Crippen LogP contribution in [0.2, 0.25) is 0 Å². The van der Waals surface area contributed by atoms with E-state index in [1.54, 1.807) is 12.1 Å². The molecule has 0 atom stereocenters. The summed E-state index contributed by atoms with van der Waals surface area (Å²) in [5, 5.41) is 4.43. The van der Waals surface area contributed by atoms with Gasteiger partial charge in [0.25, 0.3) is 5.91 Å². The van der Waals surface area contributed by atoms with E-state index in [1.807, 2.05) is 47.0 Å². The van der Waals surface area contributed by atoms with Crippen LogP contribution in [-0.4, -0.2) is 47.1 Å². The lowest BCUT2D eigenvalue weighted by Gasteiger charge is -2.29. The monoisotopic (exact) mass is 453 g/mol. The number of amides is 1. The number of nitrogens with zero attached hydrogens (tertiary/aromatic N) is 3. The van der Waals surface area contributed by atoms with Crippen LogP contribution in [0.15, 0.2) is 59.1 Å². The second-order valence-electron chi connectivity index (χ2n) is 8.37. The van der Waals surface area contributed by atoms with Gasteiger partial charge in [-0.3, -0.25) is 4.79 Å². The number of aromatic nitrogens is 1. The van der Waals surface area contributed by atoms with Crippen molar-refractivity contribution in [2.45, 2.75) is 20.4 Å². The van der Waals surface area contributed by atoms with Crippen molar-refractivity contribution in [1.29, 1.82) is 0 Å². The Labute approximate surface area is 192 Å². The smallest absolute Gasteiger partial charge is 0.254 e. The average Bonchev–Trinajstić information content (AvgIpc) is 3.23. The number of rotatable bonds is 7. The SMILES string of the molecule is CC(C)CN(Cc1c(-c2ccccc2)noc1N1CCSCC1)C(=O)c1ccc(F)cc1. The van der Waals surface area contributed by atoms with Crippen LogP contribution in [0, 0.1) is 11.7 Å². The minimum atomic E-state index is -0.354. The first kappa shape index (κ1) is 22.4. The van der Waals surface area contributed by atoms with Gasteiger partial charge in [-0.15, -0.1) is 0 Å². The molecule has 168 valence electrons. The van der Waals surface area contributed by atoms with E-state index in [4.69, 9.17) is 4.52 Å². The van der Waals surface area contributed by atoms with Gasteiger partial charge in [0.05, 0.1) is 12.1 Å². The quantitative estimate of drug-likeness (QED) is 0.484. The molecule has 1 saturated heterocycles. The van der Waals surface area contributed by atoms with Crippen LogP contribution in [0.25, 0.3) is 11.3 Å². The summed E-state index contributed by atoms with van der Waals surface area (Å²) in [5.74, 6) is 2.60. The number of thioether (sulfide) groups is 1. The summed E-state index contributed by atoms with van der Waals surface area (Å²) < 4.78 is 19.3. The van der Waals surface area contributed by atoms with E-state index in [9.17, 15) is 9.18 Å². The lowest BCUT2D eigenvalue weighted by molar-refractivity contribution is 0.0723. The van der Waals surface area contributed by atoms with Gasteiger partial charge < -0.3 is 14.3 Å². The molecule has 2 aromatic carbocycles. The second-order valence-corrected chi connectivity index (χ2v) is 9.59. The Kier molecular flexibility index (Phi) is 7.15. The summed E-state index contributed by atoms with van der Waals surface area (Å²) in [6.07, 6.45) is 0. The van der Waals surface area contributed by atoms with E-state index in [0.717, 1.165) is 47.3 Å². The predicted molar refractivity (Wildman–Crippen MR) is 127 cm³/mol. The van der Waals surface area contributed by atoms with E-state index in [1.165, 1.54) is 12.1 Å². The third-order valence-corrected chi connectivity index (χ3v) is 6.37. The molecule has 3 aromatic rings. The molecule has 0 radical (unpaired) electrons. The molecule has 5 nitrogen and oxygen atoms in total. The maximum Gasteiger partial charge on any atom is 0.254 e. The third kappa shape index (κ3) is 5.15. The fourth-order valence-electron chi connectivity index (χ4n) is 3.91.